The molecule has 2 aliphatic heterocycles. The summed E-state index contributed by atoms with van der Waals surface area (Å²) in [7, 11) is 0. The van der Waals surface area contributed by atoms with Gasteiger partial charge in [0, 0.05) is 79.8 Å². The zero-order chi connectivity index (χ0) is 36.6. The van der Waals surface area contributed by atoms with E-state index in [-0.39, 0.29) is 22.6 Å². The van der Waals surface area contributed by atoms with Gasteiger partial charge in [-0.15, -0.1) is 0 Å². The Morgan fingerprint density at radius 1 is 0.784 bits per heavy atom. The van der Waals surface area contributed by atoms with Crippen molar-refractivity contribution in [2.45, 2.75) is 123 Å². The van der Waals surface area contributed by atoms with Crippen LogP contribution < -0.4 is 15.5 Å². The van der Waals surface area contributed by atoms with Crippen molar-refractivity contribution in [3.63, 3.8) is 0 Å². The van der Waals surface area contributed by atoms with E-state index >= 15 is 0 Å². The fourth-order valence-electron chi connectivity index (χ4n) is 8.41. The van der Waals surface area contributed by atoms with Gasteiger partial charge in [-0.1, -0.05) is 73.5 Å². The predicted octanol–water partition coefficient (Wildman–Crippen LogP) is 9.74. The fraction of sp³-hybridized carbons (Fsp3) is 0.523. The van der Waals surface area contributed by atoms with E-state index in [1.165, 1.54) is 45.1 Å². The molecule has 0 bridgehead atoms. The largest absolute Gasteiger partial charge is 0.356 e. The van der Waals surface area contributed by atoms with Gasteiger partial charge in [-0.3, -0.25) is 9.59 Å². The lowest BCUT2D eigenvalue weighted by Gasteiger charge is -2.27. The number of para-hydroxylation sites is 2. The smallest absolute Gasteiger partial charge is 0.216 e. The van der Waals surface area contributed by atoms with Gasteiger partial charge in [0.15, 0.2) is 5.71 Å². The Bertz CT molecular complexity index is 1710. The molecule has 2 amide bonds. The van der Waals surface area contributed by atoms with Crippen molar-refractivity contribution >= 4 is 40.5 Å². The molecule has 0 radical (unpaired) electrons. The summed E-state index contributed by atoms with van der Waals surface area (Å²) in [5.74, 6) is 0.0856. The molecule has 2 N–H and O–H groups in total. The highest BCUT2D eigenvalue weighted by Crippen LogP contribution is 2.48. The van der Waals surface area contributed by atoms with Crippen LogP contribution >= 0.6 is 11.6 Å². The Morgan fingerprint density at radius 3 is 2.14 bits per heavy atom. The molecule has 2 aromatic rings. The zero-order valence-electron chi connectivity index (χ0n) is 32.0. The first-order valence-electron chi connectivity index (χ1n) is 19.3. The molecular formula is C44H60ClN4O2+. The highest BCUT2D eigenvalue weighted by molar-refractivity contribution is 6.32. The van der Waals surface area contributed by atoms with Crippen LogP contribution in [0.3, 0.4) is 0 Å². The van der Waals surface area contributed by atoms with Crippen molar-refractivity contribution in [1.29, 1.82) is 0 Å². The van der Waals surface area contributed by atoms with E-state index in [9.17, 15) is 9.59 Å². The van der Waals surface area contributed by atoms with Crippen LogP contribution in [0.4, 0.5) is 11.4 Å². The highest BCUT2D eigenvalue weighted by Gasteiger charge is 2.45. The van der Waals surface area contributed by atoms with Gasteiger partial charge in [-0.2, -0.15) is 4.58 Å². The van der Waals surface area contributed by atoms with Gasteiger partial charge in [-0.25, -0.2) is 0 Å². The maximum atomic E-state index is 11.3. The van der Waals surface area contributed by atoms with Crippen LogP contribution in [0.1, 0.15) is 123 Å². The topological polar surface area (TPSA) is 64.5 Å². The fourth-order valence-corrected chi connectivity index (χ4v) is 8.76. The van der Waals surface area contributed by atoms with E-state index in [2.05, 4.69) is 108 Å². The van der Waals surface area contributed by atoms with Crippen LogP contribution in [-0.2, 0) is 20.4 Å². The second-order valence-corrected chi connectivity index (χ2v) is 16.0. The Morgan fingerprint density at radius 2 is 1.43 bits per heavy atom. The molecule has 0 unspecified atom stereocenters. The first-order chi connectivity index (χ1) is 24.4. The van der Waals surface area contributed by atoms with Crippen LogP contribution in [0.25, 0.3) is 0 Å². The summed E-state index contributed by atoms with van der Waals surface area (Å²) in [5.41, 5.74) is 10.7. The van der Waals surface area contributed by atoms with E-state index in [0.29, 0.717) is 0 Å². The average Bonchev–Trinajstić information content (AvgIpc) is 3.44. The standard InChI is InChI=1S/C44H59ClN4O2/c1-32(50)46-28-13-7-15-30-48-38-22-11-9-20-36(38)43(3,4)40(48)26-24-34-18-17-19-35(42(34)45)25-27-41-44(5,6)37-21-10-12-23-39(37)49(41)31-16-8-14-29-47-33(2)51/h9-12,20-24,26H,7-8,13-19,25,27-31H2,1-6H3,(H-,46,47,50,51)/p+1/b34-24+,40-26+. The minimum Gasteiger partial charge on any atom is -0.356 e. The molecule has 0 atom stereocenters. The first-order valence-corrected chi connectivity index (χ1v) is 19.7. The molecule has 5 rings (SSSR count). The Hall–Kier alpha value is -3.64. The van der Waals surface area contributed by atoms with Gasteiger partial charge in [-0.05, 0) is 94.9 Å². The molecule has 0 fully saturated rings. The summed E-state index contributed by atoms with van der Waals surface area (Å²) >= 11 is 7.31. The zero-order valence-corrected chi connectivity index (χ0v) is 32.7. The van der Waals surface area contributed by atoms with Gasteiger partial charge < -0.3 is 15.5 Å². The van der Waals surface area contributed by atoms with Crippen molar-refractivity contribution in [1.82, 2.24) is 10.6 Å². The quantitative estimate of drug-likeness (QED) is 0.135. The van der Waals surface area contributed by atoms with Gasteiger partial charge in [0.05, 0.1) is 5.41 Å². The summed E-state index contributed by atoms with van der Waals surface area (Å²) in [6.45, 7) is 16.0. The van der Waals surface area contributed by atoms with Gasteiger partial charge in [0.25, 0.3) is 0 Å². The summed E-state index contributed by atoms with van der Waals surface area (Å²) in [4.78, 5) is 25.1. The molecule has 7 heteroatoms. The number of carbonyl (C=O) groups is 2. The number of rotatable bonds is 16. The van der Waals surface area contributed by atoms with E-state index < -0.39 is 0 Å². The van der Waals surface area contributed by atoms with Gasteiger partial charge in [0.2, 0.25) is 17.5 Å². The van der Waals surface area contributed by atoms with Crippen molar-refractivity contribution in [2.75, 3.05) is 31.1 Å². The van der Waals surface area contributed by atoms with Crippen LogP contribution in [0.2, 0.25) is 0 Å². The normalized spacial score (nSPS) is 19.2. The molecule has 1 aliphatic carbocycles. The molecule has 0 aromatic heterocycles. The average molecular weight is 712 g/mol. The molecule has 0 spiro atoms. The van der Waals surface area contributed by atoms with Gasteiger partial charge >= 0.3 is 0 Å². The van der Waals surface area contributed by atoms with Crippen molar-refractivity contribution in [3.8, 4) is 0 Å². The summed E-state index contributed by atoms with van der Waals surface area (Å²) < 4.78 is 2.58. The highest BCUT2D eigenvalue weighted by atomic mass is 35.5. The molecule has 3 aliphatic rings. The lowest BCUT2D eigenvalue weighted by atomic mass is 9.79. The molecule has 2 aromatic carbocycles. The number of benzene rings is 2. The number of nitrogens with zero attached hydrogens (tertiary/aromatic N) is 2. The Balaban J connectivity index is 1.33. The minimum atomic E-state index is -0.107. The third kappa shape index (κ3) is 9.06. The third-order valence-electron chi connectivity index (χ3n) is 11.2. The van der Waals surface area contributed by atoms with Crippen molar-refractivity contribution in [2.24, 2.45) is 0 Å². The SMILES string of the molecule is CC(=O)NCCCCCN1/C(=C/C=C2\CCCC(CCC3=[N+](CCCCCNC(C)=O)c4ccccc4C3(C)C)=C2Cl)C(C)(C)c2ccccc21. The molecule has 0 saturated heterocycles. The van der Waals surface area contributed by atoms with Crippen molar-refractivity contribution in [3.05, 3.63) is 93.7 Å². The number of fused-ring (bicyclic) bond motifs is 2. The Labute approximate surface area is 312 Å². The molecule has 6 nitrogen and oxygen atoms in total. The predicted molar refractivity (Wildman–Crippen MR) is 213 cm³/mol. The van der Waals surface area contributed by atoms with E-state index in [4.69, 9.17) is 11.6 Å². The number of unbranched alkanes of at least 4 members (excludes halogenated alkanes) is 4. The molecule has 2 heterocycles. The monoisotopic (exact) mass is 711 g/mol. The maximum absolute atomic E-state index is 11.3. The van der Waals surface area contributed by atoms with Crippen molar-refractivity contribution < 1.29 is 14.2 Å². The Kier molecular flexibility index (Phi) is 13.1. The second-order valence-electron chi connectivity index (χ2n) is 15.6. The van der Waals surface area contributed by atoms with E-state index in [1.54, 1.807) is 13.8 Å². The minimum absolute atomic E-state index is 0.0337. The van der Waals surface area contributed by atoms with E-state index in [1.807, 2.05) is 0 Å². The number of hydrogen-bond donors (Lipinski definition) is 2. The molecule has 51 heavy (non-hydrogen) atoms. The van der Waals surface area contributed by atoms with Crippen LogP contribution in [0, 0.1) is 0 Å². The molecule has 274 valence electrons. The first kappa shape index (κ1) is 38.6. The lowest BCUT2D eigenvalue weighted by Crippen LogP contribution is -2.30. The lowest BCUT2D eigenvalue weighted by molar-refractivity contribution is -0.440. The maximum Gasteiger partial charge on any atom is 0.216 e. The van der Waals surface area contributed by atoms with Crippen LogP contribution in [0.5, 0.6) is 0 Å². The van der Waals surface area contributed by atoms with Crippen LogP contribution in [0.15, 0.2) is 82.6 Å². The number of amides is 2. The number of carbonyl (C=O) groups excluding carboxylic acids is 2. The van der Waals surface area contributed by atoms with E-state index in [0.717, 1.165) is 102 Å². The number of hydrogen-bond acceptors (Lipinski definition) is 3. The molecule has 0 saturated carbocycles. The molecular weight excluding hydrogens is 652 g/mol. The van der Waals surface area contributed by atoms with Gasteiger partial charge in [0.1, 0.15) is 6.54 Å². The number of allylic oxidation sites excluding steroid dienone is 6. The third-order valence-corrected chi connectivity index (χ3v) is 11.7. The summed E-state index contributed by atoms with van der Waals surface area (Å²) in [6.07, 6.45) is 16.1. The number of nitrogens with one attached hydrogen (secondary N) is 2. The number of halogens is 1. The summed E-state index contributed by atoms with van der Waals surface area (Å²) in [6, 6.07) is 17.7. The number of anilines is 1. The van der Waals surface area contributed by atoms with Crippen LogP contribution in [-0.4, -0.2) is 48.3 Å². The summed E-state index contributed by atoms with van der Waals surface area (Å²) in [5, 5.41) is 6.82. The second kappa shape index (κ2) is 17.3.